The number of fused-ring (bicyclic) bond motifs is 1. The molecule has 234 valence electrons. The highest BCUT2D eigenvalue weighted by Gasteiger charge is 2.45. The van der Waals surface area contributed by atoms with Crippen LogP contribution in [0.25, 0.3) is 6.08 Å². The maximum Gasteiger partial charge on any atom is 0.461 e. The van der Waals surface area contributed by atoms with Crippen molar-refractivity contribution in [3.05, 3.63) is 90.0 Å². The molecule has 0 aliphatic carbocycles. The van der Waals surface area contributed by atoms with Crippen molar-refractivity contribution in [1.82, 2.24) is 5.32 Å². The number of rotatable bonds is 15. The van der Waals surface area contributed by atoms with E-state index in [-0.39, 0.29) is 17.1 Å². The number of nitrogens with zero attached hydrogens (tertiary/aromatic N) is 1. The first kappa shape index (κ1) is 32.7. The van der Waals surface area contributed by atoms with Crippen LogP contribution >= 0.6 is 0 Å². The lowest BCUT2D eigenvalue weighted by Crippen LogP contribution is -2.33. The molecule has 0 fully saturated rings. The van der Waals surface area contributed by atoms with Gasteiger partial charge in [0.05, 0.1) is 5.41 Å². The lowest BCUT2D eigenvalue weighted by atomic mass is 9.81. The average molecular weight is 612 g/mol. The van der Waals surface area contributed by atoms with Gasteiger partial charge in [-0.05, 0) is 74.7 Å². The van der Waals surface area contributed by atoms with Gasteiger partial charge in [-0.1, -0.05) is 30.3 Å². The van der Waals surface area contributed by atoms with Crippen molar-refractivity contribution in [2.45, 2.75) is 57.5 Å². The molecule has 0 aromatic heterocycles. The van der Waals surface area contributed by atoms with Crippen LogP contribution in [0.15, 0.2) is 78.9 Å². The standard InChI is InChI=1S/C34H38F4N4O2/c1-33(2)28-23-26(41-25-9-5-3-6-10-25)15-18-29(28)42(22-8-4-7-11-31(43)40-21-20-39)30(33)19-14-24-12-16-27(17-13-24)44-34(37,38)32(35)36/h3,5-6,9-10,12-19,23,32,41H,4,7-8,11,20-22,39H2,1-2H3/p+1/b19-14+. The van der Waals surface area contributed by atoms with Gasteiger partial charge in [-0.3, -0.25) is 4.79 Å². The van der Waals surface area contributed by atoms with Gasteiger partial charge in [0.2, 0.25) is 11.6 Å². The van der Waals surface area contributed by atoms with E-state index in [1.165, 1.54) is 12.1 Å². The molecule has 1 aliphatic rings. The molecule has 6 nitrogen and oxygen atoms in total. The van der Waals surface area contributed by atoms with E-state index in [1.54, 1.807) is 12.1 Å². The SMILES string of the molecule is CC1(C)C(/C=C/c2ccc(OC(F)(F)C(F)F)cc2)=[N+](CCCCCC(=O)NCCN)c2ccc(Nc3ccccc3)cc21. The predicted octanol–water partition coefficient (Wildman–Crippen LogP) is 7.39. The second-order valence-electron chi connectivity index (χ2n) is 11.2. The van der Waals surface area contributed by atoms with Gasteiger partial charge in [0.1, 0.15) is 12.3 Å². The molecule has 1 heterocycles. The minimum absolute atomic E-state index is 0.00563. The van der Waals surface area contributed by atoms with Crippen LogP contribution in [0.3, 0.4) is 0 Å². The summed E-state index contributed by atoms with van der Waals surface area (Å²) in [7, 11) is 0. The minimum Gasteiger partial charge on any atom is -0.428 e. The fraction of sp³-hybridized carbons (Fsp3) is 0.353. The van der Waals surface area contributed by atoms with E-state index < -0.39 is 12.5 Å². The monoisotopic (exact) mass is 611 g/mol. The number of nitrogens with two attached hydrogens (primary N) is 1. The third-order valence-corrected chi connectivity index (χ3v) is 7.53. The van der Waals surface area contributed by atoms with E-state index in [1.807, 2.05) is 42.5 Å². The Hall–Kier alpha value is -4.18. The zero-order valence-corrected chi connectivity index (χ0v) is 25.0. The number of ether oxygens (including phenoxy) is 1. The normalized spacial score (nSPS) is 14.3. The summed E-state index contributed by atoms with van der Waals surface area (Å²) in [5, 5.41) is 6.27. The Labute approximate surface area is 255 Å². The molecule has 44 heavy (non-hydrogen) atoms. The molecule has 0 unspecified atom stereocenters. The summed E-state index contributed by atoms with van der Waals surface area (Å²) in [6.07, 6.45) is -1.64. The van der Waals surface area contributed by atoms with Crippen LogP contribution in [0, 0.1) is 0 Å². The molecule has 10 heteroatoms. The number of carbonyl (C=O) groups is 1. The van der Waals surface area contributed by atoms with Crippen LogP contribution in [-0.4, -0.2) is 48.4 Å². The molecule has 4 N–H and O–H groups in total. The topological polar surface area (TPSA) is 79.4 Å². The molecule has 4 rings (SSSR count). The van der Waals surface area contributed by atoms with Gasteiger partial charge in [0.25, 0.3) is 0 Å². The number of hydrogen-bond donors (Lipinski definition) is 3. The highest BCUT2D eigenvalue weighted by molar-refractivity contribution is 6.05. The van der Waals surface area contributed by atoms with Crippen molar-refractivity contribution in [1.29, 1.82) is 0 Å². The van der Waals surface area contributed by atoms with E-state index in [0.29, 0.717) is 25.1 Å². The number of carbonyl (C=O) groups excluding carboxylic acids is 1. The van der Waals surface area contributed by atoms with E-state index >= 15 is 0 Å². The number of anilines is 2. The number of allylic oxidation sites excluding steroid dienone is 1. The van der Waals surface area contributed by atoms with Gasteiger partial charge in [-0.15, -0.1) is 0 Å². The molecule has 1 aliphatic heterocycles. The van der Waals surface area contributed by atoms with E-state index in [2.05, 4.69) is 52.0 Å². The molecular formula is C34H39F4N4O2+. The Kier molecular flexibility index (Phi) is 10.8. The summed E-state index contributed by atoms with van der Waals surface area (Å²) in [6.45, 7) is 5.94. The van der Waals surface area contributed by atoms with E-state index in [4.69, 9.17) is 5.73 Å². The van der Waals surface area contributed by atoms with E-state index in [9.17, 15) is 22.4 Å². The van der Waals surface area contributed by atoms with Crippen LogP contribution < -0.4 is 21.1 Å². The Morgan fingerprint density at radius 3 is 2.39 bits per heavy atom. The van der Waals surface area contributed by atoms with Crippen molar-refractivity contribution in [3.8, 4) is 5.75 Å². The summed E-state index contributed by atoms with van der Waals surface area (Å²) < 4.78 is 58.1. The lowest BCUT2D eigenvalue weighted by molar-refractivity contribution is -0.438. The Bertz CT molecular complexity index is 1470. The number of halogens is 4. The second kappa shape index (κ2) is 14.5. The zero-order chi connectivity index (χ0) is 31.7. The smallest absolute Gasteiger partial charge is 0.428 e. The highest BCUT2D eigenvalue weighted by atomic mass is 19.3. The molecular weight excluding hydrogens is 572 g/mol. The summed E-state index contributed by atoms with van der Waals surface area (Å²) in [4.78, 5) is 11.9. The molecule has 0 saturated heterocycles. The number of unbranched alkanes of at least 4 members (excludes halogenated alkanes) is 2. The number of nitrogens with one attached hydrogen (secondary N) is 2. The van der Waals surface area contributed by atoms with Gasteiger partial charge in [-0.25, -0.2) is 0 Å². The summed E-state index contributed by atoms with van der Waals surface area (Å²) >= 11 is 0. The highest BCUT2D eigenvalue weighted by Crippen LogP contribution is 2.42. The van der Waals surface area contributed by atoms with Crippen LogP contribution in [0.5, 0.6) is 5.75 Å². The average Bonchev–Trinajstić information content (AvgIpc) is 3.20. The quantitative estimate of drug-likeness (QED) is 0.0951. The van der Waals surface area contributed by atoms with Gasteiger partial charge in [-0.2, -0.15) is 22.1 Å². The maximum absolute atomic E-state index is 13.3. The van der Waals surface area contributed by atoms with Crippen molar-refractivity contribution < 1.29 is 31.7 Å². The number of hydrogen-bond acceptors (Lipinski definition) is 4. The number of alkyl halides is 4. The molecule has 0 radical (unpaired) electrons. The van der Waals surface area contributed by atoms with Gasteiger partial charge in [0.15, 0.2) is 5.71 Å². The van der Waals surface area contributed by atoms with Gasteiger partial charge < -0.3 is 21.1 Å². The van der Waals surface area contributed by atoms with Crippen LogP contribution in [0.1, 0.15) is 50.7 Å². The Morgan fingerprint density at radius 2 is 1.70 bits per heavy atom. The predicted molar refractivity (Wildman–Crippen MR) is 167 cm³/mol. The molecule has 0 spiro atoms. The number of para-hydroxylation sites is 1. The molecule has 0 atom stereocenters. The number of benzene rings is 3. The van der Waals surface area contributed by atoms with Crippen LogP contribution in [0.4, 0.5) is 34.6 Å². The fourth-order valence-electron chi connectivity index (χ4n) is 5.24. The fourth-order valence-corrected chi connectivity index (χ4v) is 5.24. The lowest BCUT2D eigenvalue weighted by Gasteiger charge is -2.17. The molecule has 0 saturated carbocycles. The first-order chi connectivity index (χ1) is 21.0. The van der Waals surface area contributed by atoms with Crippen molar-refractivity contribution in [3.63, 3.8) is 0 Å². The maximum atomic E-state index is 13.3. The van der Waals surface area contributed by atoms with Gasteiger partial charge in [0, 0.05) is 55.0 Å². The van der Waals surface area contributed by atoms with Crippen molar-refractivity contribution >= 4 is 34.8 Å². The Morgan fingerprint density at radius 1 is 0.977 bits per heavy atom. The summed E-state index contributed by atoms with van der Waals surface area (Å²) in [5.74, 6) is -0.337. The largest absolute Gasteiger partial charge is 0.461 e. The first-order valence-corrected chi connectivity index (χ1v) is 14.7. The zero-order valence-electron chi connectivity index (χ0n) is 25.0. The molecule has 1 amide bonds. The van der Waals surface area contributed by atoms with E-state index in [0.717, 1.165) is 54.1 Å². The number of amides is 1. The Balaban J connectivity index is 1.55. The third-order valence-electron chi connectivity index (χ3n) is 7.53. The van der Waals surface area contributed by atoms with Crippen molar-refractivity contribution in [2.75, 3.05) is 25.0 Å². The summed E-state index contributed by atoms with van der Waals surface area (Å²) in [6, 6.07) is 21.8. The summed E-state index contributed by atoms with van der Waals surface area (Å²) in [5.41, 5.74) is 11.0. The first-order valence-electron chi connectivity index (χ1n) is 14.7. The molecule has 3 aromatic carbocycles. The van der Waals surface area contributed by atoms with Gasteiger partial charge >= 0.3 is 12.5 Å². The second-order valence-corrected chi connectivity index (χ2v) is 11.2. The van der Waals surface area contributed by atoms with Crippen molar-refractivity contribution in [2.24, 2.45) is 5.73 Å². The van der Waals surface area contributed by atoms with Crippen LogP contribution in [0.2, 0.25) is 0 Å². The minimum atomic E-state index is -4.56. The van der Waals surface area contributed by atoms with Crippen LogP contribution in [-0.2, 0) is 10.2 Å². The third kappa shape index (κ3) is 8.25. The molecule has 0 bridgehead atoms. The molecule has 3 aromatic rings.